The lowest BCUT2D eigenvalue weighted by atomic mass is 10.0. The number of aliphatic hydroxyl groups is 2. The van der Waals surface area contributed by atoms with Gasteiger partial charge in [0.05, 0.1) is 25.4 Å². The number of amides is 1. The molecule has 2 atom stereocenters. The third-order valence-corrected chi connectivity index (χ3v) is 16.4. The molecule has 0 aliphatic carbocycles. The van der Waals surface area contributed by atoms with Gasteiger partial charge in [0.25, 0.3) is 0 Å². The molecule has 0 spiro atoms. The topological polar surface area (TPSA) is 95.9 Å². The van der Waals surface area contributed by atoms with Crippen molar-refractivity contribution in [2.24, 2.45) is 0 Å². The van der Waals surface area contributed by atoms with E-state index >= 15 is 0 Å². The van der Waals surface area contributed by atoms with Gasteiger partial charge in [-0.25, -0.2) is 0 Å². The van der Waals surface area contributed by atoms with Gasteiger partial charge in [0.1, 0.15) is 0 Å². The molecular formula is C72H137NO5. The summed E-state index contributed by atoms with van der Waals surface area (Å²) in [5.41, 5.74) is 0. The second kappa shape index (κ2) is 67.6. The Balaban J connectivity index is 3.35. The number of rotatable bonds is 66. The molecular weight excluding hydrogens is 959 g/mol. The van der Waals surface area contributed by atoms with Crippen molar-refractivity contribution >= 4 is 11.9 Å². The van der Waals surface area contributed by atoms with E-state index in [1.54, 1.807) is 6.08 Å². The fraction of sp³-hybridized carbons (Fsp3) is 0.889. The number of esters is 1. The van der Waals surface area contributed by atoms with E-state index in [2.05, 4.69) is 43.5 Å². The van der Waals surface area contributed by atoms with Gasteiger partial charge in [-0.1, -0.05) is 346 Å². The van der Waals surface area contributed by atoms with E-state index in [9.17, 15) is 19.8 Å². The predicted octanol–water partition coefficient (Wildman–Crippen LogP) is 22.7. The molecule has 0 fully saturated rings. The van der Waals surface area contributed by atoms with Crippen molar-refractivity contribution in [1.29, 1.82) is 0 Å². The minimum Gasteiger partial charge on any atom is -0.466 e. The number of carbonyl (C=O) groups excluding carboxylic acids is 2. The van der Waals surface area contributed by atoms with Gasteiger partial charge in [-0.2, -0.15) is 0 Å². The van der Waals surface area contributed by atoms with Crippen molar-refractivity contribution in [1.82, 2.24) is 5.32 Å². The number of ether oxygens (including phenoxy) is 1. The van der Waals surface area contributed by atoms with Crippen LogP contribution in [0.25, 0.3) is 0 Å². The molecule has 78 heavy (non-hydrogen) atoms. The summed E-state index contributed by atoms with van der Waals surface area (Å²) >= 11 is 0. The fourth-order valence-corrected chi connectivity index (χ4v) is 11.0. The molecule has 0 saturated carbocycles. The van der Waals surface area contributed by atoms with Crippen LogP contribution in [0.3, 0.4) is 0 Å². The van der Waals surface area contributed by atoms with Crippen LogP contribution >= 0.6 is 0 Å². The summed E-state index contributed by atoms with van der Waals surface area (Å²) in [6, 6.07) is -0.625. The maximum atomic E-state index is 12.4. The Kier molecular flexibility index (Phi) is 65.9. The van der Waals surface area contributed by atoms with E-state index in [1.807, 2.05) is 6.08 Å². The van der Waals surface area contributed by atoms with Crippen molar-refractivity contribution < 1.29 is 24.5 Å². The molecule has 0 aliphatic rings. The van der Waals surface area contributed by atoms with E-state index in [1.165, 1.54) is 315 Å². The number of allylic oxidation sites excluding steroid dienone is 5. The van der Waals surface area contributed by atoms with Gasteiger partial charge in [-0.15, -0.1) is 0 Å². The van der Waals surface area contributed by atoms with Gasteiger partial charge in [0.15, 0.2) is 0 Å². The Bertz CT molecular complexity index is 1260. The molecule has 0 aromatic carbocycles. The lowest BCUT2D eigenvalue weighted by molar-refractivity contribution is -0.143. The number of aliphatic hydroxyl groups excluding tert-OH is 2. The van der Waals surface area contributed by atoms with Gasteiger partial charge in [-0.05, 0) is 64.2 Å². The third kappa shape index (κ3) is 63.3. The lowest BCUT2D eigenvalue weighted by Crippen LogP contribution is -2.45. The molecule has 2 unspecified atom stereocenters. The first kappa shape index (κ1) is 76.1. The highest BCUT2D eigenvalue weighted by molar-refractivity contribution is 5.76. The van der Waals surface area contributed by atoms with Gasteiger partial charge < -0.3 is 20.3 Å². The van der Waals surface area contributed by atoms with Crippen molar-refractivity contribution in [3.05, 3.63) is 36.5 Å². The Labute approximate surface area is 487 Å². The second-order valence-corrected chi connectivity index (χ2v) is 24.2. The van der Waals surface area contributed by atoms with E-state index < -0.39 is 12.1 Å². The number of hydrogen-bond acceptors (Lipinski definition) is 5. The number of carbonyl (C=O) groups is 2. The molecule has 0 bridgehead atoms. The zero-order valence-corrected chi connectivity index (χ0v) is 52.7. The van der Waals surface area contributed by atoms with Crippen molar-refractivity contribution in [3.8, 4) is 0 Å². The summed E-state index contributed by atoms with van der Waals surface area (Å²) in [5.74, 6) is -0.0459. The molecule has 6 nitrogen and oxygen atoms in total. The quantitative estimate of drug-likeness (QED) is 0.0320. The summed E-state index contributed by atoms with van der Waals surface area (Å²) in [7, 11) is 0. The molecule has 0 heterocycles. The fourth-order valence-electron chi connectivity index (χ4n) is 11.0. The Morgan fingerprint density at radius 1 is 0.359 bits per heavy atom. The predicted molar refractivity (Wildman–Crippen MR) is 343 cm³/mol. The summed E-state index contributed by atoms with van der Waals surface area (Å²) in [6.45, 7) is 4.92. The summed E-state index contributed by atoms with van der Waals surface area (Å²) in [6.07, 6.45) is 86.7. The van der Waals surface area contributed by atoms with Crippen LogP contribution in [0.4, 0.5) is 0 Å². The van der Waals surface area contributed by atoms with Crippen molar-refractivity contribution in [2.75, 3.05) is 13.2 Å². The van der Waals surface area contributed by atoms with E-state index in [-0.39, 0.29) is 18.5 Å². The molecule has 3 N–H and O–H groups in total. The molecule has 0 aromatic rings. The highest BCUT2D eigenvalue weighted by Crippen LogP contribution is 2.18. The summed E-state index contributed by atoms with van der Waals surface area (Å²) in [4.78, 5) is 24.5. The monoisotopic (exact) mass is 1100 g/mol. The minimum atomic E-state index is -0.841. The first-order valence-corrected chi connectivity index (χ1v) is 35.3. The average Bonchev–Trinajstić information content (AvgIpc) is 3.44. The molecule has 0 rings (SSSR count). The molecule has 0 radical (unpaired) electrons. The average molecular weight is 1100 g/mol. The zero-order chi connectivity index (χ0) is 56.4. The normalized spacial score (nSPS) is 12.7. The minimum absolute atomic E-state index is 0.0198. The van der Waals surface area contributed by atoms with Crippen LogP contribution < -0.4 is 5.32 Å². The smallest absolute Gasteiger partial charge is 0.305 e. The van der Waals surface area contributed by atoms with Crippen molar-refractivity contribution in [3.63, 3.8) is 0 Å². The molecule has 1 amide bonds. The van der Waals surface area contributed by atoms with E-state index in [0.717, 1.165) is 44.9 Å². The lowest BCUT2D eigenvalue weighted by Gasteiger charge is -2.20. The molecule has 0 saturated heterocycles. The molecule has 0 aliphatic heterocycles. The Morgan fingerprint density at radius 3 is 0.974 bits per heavy atom. The maximum absolute atomic E-state index is 12.4. The number of hydrogen-bond donors (Lipinski definition) is 3. The number of nitrogens with one attached hydrogen (secondary N) is 1. The van der Waals surface area contributed by atoms with Crippen LogP contribution in [0, 0.1) is 0 Å². The SMILES string of the molecule is CCCCCCCCCCC/C=C/C(O)C(CO)NC(=O)CCCCCCCCCCCCCCCCCCC/C=C\C/C=C\CCCCCCCCCCCCCOC(=O)CCCCCCCCCCCCCCCCC. The van der Waals surface area contributed by atoms with Crippen molar-refractivity contribution in [2.45, 2.75) is 398 Å². The second-order valence-electron chi connectivity index (χ2n) is 24.2. The largest absolute Gasteiger partial charge is 0.466 e. The standard InChI is InChI=1S/C72H137NO5/c1-3-5-7-9-11-13-15-16-38-42-46-50-54-58-62-66-72(77)78-67-63-59-55-51-47-43-40-37-35-33-31-29-27-25-23-21-19-17-18-20-22-24-26-28-30-32-34-36-39-41-45-49-53-57-61-65-71(76)73-69(68-74)70(75)64-60-56-52-48-44-14-12-10-8-6-4-2/h19,21,25,27,60,64,69-70,74-75H,3-18,20,22-24,26,28-59,61-63,65-68H2,1-2H3,(H,73,76)/b21-19-,27-25-,64-60+. The zero-order valence-electron chi connectivity index (χ0n) is 52.7. The maximum Gasteiger partial charge on any atom is 0.305 e. The number of unbranched alkanes of at least 4 members (excludes halogenated alkanes) is 51. The van der Waals surface area contributed by atoms with Crippen LogP contribution in [0.5, 0.6) is 0 Å². The van der Waals surface area contributed by atoms with Gasteiger partial charge >= 0.3 is 5.97 Å². The van der Waals surface area contributed by atoms with Gasteiger partial charge in [0, 0.05) is 12.8 Å². The molecule has 0 aromatic heterocycles. The first-order chi connectivity index (χ1) is 38.5. The highest BCUT2D eigenvalue weighted by atomic mass is 16.5. The molecule has 460 valence electrons. The summed E-state index contributed by atoms with van der Waals surface area (Å²) < 4.78 is 5.50. The van der Waals surface area contributed by atoms with Gasteiger partial charge in [-0.3, -0.25) is 9.59 Å². The molecule has 6 heteroatoms. The van der Waals surface area contributed by atoms with Crippen LogP contribution in [-0.4, -0.2) is 47.4 Å². The van der Waals surface area contributed by atoms with E-state index in [0.29, 0.717) is 19.4 Å². The Morgan fingerprint density at radius 2 is 0.641 bits per heavy atom. The Hall–Kier alpha value is -1.92. The van der Waals surface area contributed by atoms with Crippen LogP contribution in [0.1, 0.15) is 386 Å². The van der Waals surface area contributed by atoms with Gasteiger partial charge in [0.2, 0.25) is 5.91 Å². The first-order valence-electron chi connectivity index (χ1n) is 35.3. The van der Waals surface area contributed by atoms with Crippen LogP contribution in [0.15, 0.2) is 36.5 Å². The highest BCUT2D eigenvalue weighted by Gasteiger charge is 2.18. The third-order valence-electron chi connectivity index (χ3n) is 16.4. The van der Waals surface area contributed by atoms with Crippen LogP contribution in [0.2, 0.25) is 0 Å². The summed E-state index contributed by atoms with van der Waals surface area (Å²) in [5, 5.41) is 23.1. The van der Waals surface area contributed by atoms with E-state index in [4.69, 9.17) is 4.74 Å². The van der Waals surface area contributed by atoms with Crippen LogP contribution in [-0.2, 0) is 14.3 Å².